The molecule has 1 atom stereocenters. The second kappa shape index (κ2) is 5.19. The number of benzene rings is 2. The molecule has 0 amide bonds. The standard InChI is InChI=1S/C15H19NO/c1-3-4-15(16)13-6-5-12-10-14(17-2)8-7-11(12)9-13/h5-10,15H,3-4,16H2,1-2H3/t15-/m0/s1. The summed E-state index contributed by atoms with van der Waals surface area (Å²) in [6.07, 6.45) is 2.14. The maximum absolute atomic E-state index is 6.13. The molecule has 0 unspecified atom stereocenters. The van der Waals surface area contributed by atoms with Crippen LogP contribution in [0, 0.1) is 0 Å². The lowest BCUT2D eigenvalue weighted by Gasteiger charge is -2.12. The number of fused-ring (bicyclic) bond motifs is 1. The van der Waals surface area contributed by atoms with Crippen LogP contribution in [0.3, 0.4) is 0 Å². The van der Waals surface area contributed by atoms with Gasteiger partial charge in [-0.15, -0.1) is 0 Å². The number of hydrogen-bond acceptors (Lipinski definition) is 2. The molecule has 0 radical (unpaired) electrons. The summed E-state index contributed by atoms with van der Waals surface area (Å²) in [6.45, 7) is 2.16. The van der Waals surface area contributed by atoms with E-state index in [0.717, 1.165) is 18.6 Å². The summed E-state index contributed by atoms with van der Waals surface area (Å²) in [6, 6.07) is 12.7. The molecule has 2 aromatic carbocycles. The van der Waals surface area contributed by atoms with Gasteiger partial charge in [-0.3, -0.25) is 0 Å². The molecular weight excluding hydrogens is 210 g/mol. The van der Waals surface area contributed by atoms with Gasteiger partial charge < -0.3 is 10.5 Å². The average molecular weight is 229 g/mol. The van der Waals surface area contributed by atoms with Crippen LogP contribution in [0.5, 0.6) is 5.75 Å². The van der Waals surface area contributed by atoms with E-state index in [0.29, 0.717) is 0 Å². The molecule has 2 aromatic rings. The monoisotopic (exact) mass is 229 g/mol. The number of hydrogen-bond donors (Lipinski definition) is 1. The number of rotatable bonds is 4. The van der Waals surface area contributed by atoms with Crippen LogP contribution in [0.25, 0.3) is 10.8 Å². The van der Waals surface area contributed by atoms with Crippen molar-refractivity contribution in [2.24, 2.45) is 5.73 Å². The molecule has 90 valence electrons. The zero-order valence-electron chi connectivity index (χ0n) is 10.4. The van der Waals surface area contributed by atoms with Crippen molar-refractivity contribution in [1.82, 2.24) is 0 Å². The molecule has 0 aliphatic carbocycles. The first-order chi connectivity index (χ1) is 8.24. The fourth-order valence-corrected chi connectivity index (χ4v) is 2.08. The van der Waals surface area contributed by atoms with E-state index in [4.69, 9.17) is 10.5 Å². The zero-order chi connectivity index (χ0) is 12.3. The molecular formula is C15H19NO. The summed E-state index contributed by atoms with van der Waals surface area (Å²) in [5.41, 5.74) is 7.34. The van der Waals surface area contributed by atoms with E-state index >= 15 is 0 Å². The summed E-state index contributed by atoms with van der Waals surface area (Å²) in [5.74, 6) is 0.892. The van der Waals surface area contributed by atoms with Crippen LogP contribution in [0.2, 0.25) is 0 Å². The highest BCUT2D eigenvalue weighted by atomic mass is 16.5. The first kappa shape index (κ1) is 11.9. The van der Waals surface area contributed by atoms with Gasteiger partial charge in [-0.1, -0.05) is 31.5 Å². The SMILES string of the molecule is CCC[C@H](N)c1ccc2cc(OC)ccc2c1. The lowest BCUT2D eigenvalue weighted by Crippen LogP contribution is -2.09. The lowest BCUT2D eigenvalue weighted by molar-refractivity contribution is 0.415. The maximum atomic E-state index is 6.13. The molecule has 2 rings (SSSR count). The quantitative estimate of drug-likeness (QED) is 0.868. The zero-order valence-corrected chi connectivity index (χ0v) is 10.4. The van der Waals surface area contributed by atoms with E-state index < -0.39 is 0 Å². The largest absolute Gasteiger partial charge is 0.497 e. The third-order valence-corrected chi connectivity index (χ3v) is 3.10. The van der Waals surface area contributed by atoms with Crippen molar-refractivity contribution in [2.75, 3.05) is 7.11 Å². The van der Waals surface area contributed by atoms with Gasteiger partial charge in [0.25, 0.3) is 0 Å². The highest BCUT2D eigenvalue weighted by molar-refractivity contribution is 5.84. The second-order valence-electron chi connectivity index (χ2n) is 4.37. The van der Waals surface area contributed by atoms with E-state index in [2.05, 4.69) is 31.2 Å². The van der Waals surface area contributed by atoms with Gasteiger partial charge in [0.05, 0.1) is 7.11 Å². The van der Waals surface area contributed by atoms with Gasteiger partial charge in [0.2, 0.25) is 0 Å². The topological polar surface area (TPSA) is 35.2 Å². The van der Waals surface area contributed by atoms with Crippen LogP contribution in [-0.2, 0) is 0 Å². The molecule has 0 saturated carbocycles. The Morgan fingerprint density at radius 1 is 1.12 bits per heavy atom. The Morgan fingerprint density at radius 3 is 2.53 bits per heavy atom. The van der Waals surface area contributed by atoms with Gasteiger partial charge in [-0.2, -0.15) is 0 Å². The lowest BCUT2D eigenvalue weighted by atomic mass is 9.99. The molecule has 0 aliphatic heterocycles. The van der Waals surface area contributed by atoms with Crippen LogP contribution in [0.1, 0.15) is 31.4 Å². The van der Waals surface area contributed by atoms with Gasteiger partial charge in [-0.25, -0.2) is 0 Å². The second-order valence-corrected chi connectivity index (χ2v) is 4.37. The Hall–Kier alpha value is -1.54. The third-order valence-electron chi connectivity index (χ3n) is 3.10. The van der Waals surface area contributed by atoms with E-state index in [9.17, 15) is 0 Å². The molecule has 0 aliphatic rings. The van der Waals surface area contributed by atoms with Crippen LogP contribution >= 0.6 is 0 Å². The van der Waals surface area contributed by atoms with Crippen LogP contribution in [0.4, 0.5) is 0 Å². The summed E-state index contributed by atoms with van der Waals surface area (Å²) in [7, 11) is 1.69. The Bertz CT molecular complexity index is 507. The Balaban J connectivity index is 2.37. The van der Waals surface area contributed by atoms with Crippen molar-refractivity contribution < 1.29 is 4.74 Å². The number of methoxy groups -OCH3 is 1. The van der Waals surface area contributed by atoms with Crippen LogP contribution < -0.4 is 10.5 Å². The Labute approximate surface area is 102 Å². The van der Waals surface area contributed by atoms with Crippen LogP contribution in [-0.4, -0.2) is 7.11 Å². The summed E-state index contributed by atoms with van der Waals surface area (Å²) in [4.78, 5) is 0. The summed E-state index contributed by atoms with van der Waals surface area (Å²) >= 11 is 0. The predicted octanol–water partition coefficient (Wildman–Crippen LogP) is 3.65. The fourth-order valence-electron chi connectivity index (χ4n) is 2.08. The molecule has 0 bridgehead atoms. The van der Waals surface area contributed by atoms with Crippen molar-refractivity contribution in [2.45, 2.75) is 25.8 Å². The molecule has 2 N–H and O–H groups in total. The van der Waals surface area contributed by atoms with Gasteiger partial charge in [0, 0.05) is 6.04 Å². The van der Waals surface area contributed by atoms with Crippen molar-refractivity contribution in [3.05, 3.63) is 42.0 Å². The van der Waals surface area contributed by atoms with E-state index in [1.54, 1.807) is 7.11 Å². The van der Waals surface area contributed by atoms with E-state index in [-0.39, 0.29) is 6.04 Å². The van der Waals surface area contributed by atoms with Gasteiger partial charge >= 0.3 is 0 Å². The van der Waals surface area contributed by atoms with Crippen molar-refractivity contribution >= 4 is 10.8 Å². The Kier molecular flexibility index (Phi) is 3.64. The average Bonchev–Trinajstić information content (AvgIpc) is 2.37. The molecule has 0 heterocycles. The minimum atomic E-state index is 0.145. The minimum absolute atomic E-state index is 0.145. The normalized spacial score (nSPS) is 12.6. The van der Waals surface area contributed by atoms with E-state index in [1.807, 2.05) is 12.1 Å². The molecule has 0 fully saturated rings. The highest BCUT2D eigenvalue weighted by Crippen LogP contribution is 2.25. The maximum Gasteiger partial charge on any atom is 0.119 e. The van der Waals surface area contributed by atoms with Gasteiger partial charge in [0.1, 0.15) is 5.75 Å². The number of ether oxygens (including phenoxy) is 1. The molecule has 0 saturated heterocycles. The summed E-state index contributed by atoms with van der Waals surface area (Å²) < 4.78 is 5.21. The van der Waals surface area contributed by atoms with Gasteiger partial charge in [0.15, 0.2) is 0 Å². The smallest absolute Gasteiger partial charge is 0.119 e. The summed E-state index contributed by atoms with van der Waals surface area (Å²) in [5, 5.41) is 2.41. The van der Waals surface area contributed by atoms with E-state index in [1.165, 1.54) is 16.3 Å². The predicted molar refractivity (Wildman–Crippen MR) is 72.3 cm³/mol. The van der Waals surface area contributed by atoms with Crippen molar-refractivity contribution in [3.8, 4) is 5.75 Å². The van der Waals surface area contributed by atoms with Crippen LogP contribution in [0.15, 0.2) is 36.4 Å². The Morgan fingerprint density at radius 2 is 1.82 bits per heavy atom. The fraction of sp³-hybridized carbons (Fsp3) is 0.333. The highest BCUT2D eigenvalue weighted by Gasteiger charge is 2.05. The van der Waals surface area contributed by atoms with Crippen molar-refractivity contribution in [3.63, 3.8) is 0 Å². The molecule has 2 heteroatoms. The third kappa shape index (κ3) is 2.59. The first-order valence-electron chi connectivity index (χ1n) is 6.08. The molecule has 17 heavy (non-hydrogen) atoms. The first-order valence-corrected chi connectivity index (χ1v) is 6.08. The van der Waals surface area contributed by atoms with Crippen molar-refractivity contribution in [1.29, 1.82) is 0 Å². The molecule has 2 nitrogen and oxygen atoms in total. The van der Waals surface area contributed by atoms with Gasteiger partial charge in [-0.05, 0) is 41.0 Å². The number of nitrogens with two attached hydrogens (primary N) is 1. The minimum Gasteiger partial charge on any atom is -0.497 e. The molecule has 0 spiro atoms. The molecule has 0 aromatic heterocycles.